The molecular weight excluding hydrogens is 470 g/mol. The van der Waals surface area contributed by atoms with E-state index in [1.807, 2.05) is 0 Å². The van der Waals surface area contributed by atoms with Crippen molar-refractivity contribution in [3.05, 3.63) is 142 Å². The standard InChI is InChI=1S/C35H42B2N2/c1-26-12-8-16-30(22-26)34(38,31-17-9-13-27(2)23-31)36-20-6-5-7-21-37-35(39,32-18-10-14-28(3)24-32)33-19-11-15-29(4)25-33/h8-19,22-25H,5-7,20-21,38-39H2,1-4H3. The van der Waals surface area contributed by atoms with Crippen molar-refractivity contribution in [2.24, 2.45) is 11.5 Å². The maximum absolute atomic E-state index is 7.15. The van der Waals surface area contributed by atoms with Gasteiger partial charge < -0.3 is 11.5 Å². The van der Waals surface area contributed by atoms with Gasteiger partial charge in [0.05, 0.1) is 0 Å². The molecule has 0 bridgehead atoms. The second-order valence-corrected chi connectivity index (χ2v) is 11.3. The van der Waals surface area contributed by atoms with Crippen LogP contribution in [0.25, 0.3) is 0 Å². The summed E-state index contributed by atoms with van der Waals surface area (Å²) in [6, 6.07) is 34.4. The maximum Gasteiger partial charge on any atom is 0.149 e. The molecule has 2 nitrogen and oxygen atoms in total. The summed E-state index contributed by atoms with van der Waals surface area (Å²) < 4.78 is 0. The Hall–Kier alpha value is -3.07. The lowest BCUT2D eigenvalue weighted by molar-refractivity contribution is 0.710. The lowest BCUT2D eigenvalue weighted by Crippen LogP contribution is -2.44. The smallest absolute Gasteiger partial charge is 0.149 e. The van der Waals surface area contributed by atoms with Gasteiger partial charge in [0.2, 0.25) is 0 Å². The lowest BCUT2D eigenvalue weighted by Gasteiger charge is -2.32. The van der Waals surface area contributed by atoms with Gasteiger partial charge >= 0.3 is 0 Å². The van der Waals surface area contributed by atoms with Gasteiger partial charge in [-0.25, -0.2) is 0 Å². The third-order valence-electron chi connectivity index (χ3n) is 7.82. The van der Waals surface area contributed by atoms with Crippen LogP contribution in [-0.4, -0.2) is 14.6 Å². The molecular formula is C35H42B2N2. The van der Waals surface area contributed by atoms with Crippen LogP contribution in [0.4, 0.5) is 0 Å². The predicted molar refractivity (Wildman–Crippen MR) is 170 cm³/mol. The van der Waals surface area contributed by atoms with E-state index in [1.165, 1.54) is 22.3 Å². The SMILES string of the molecule is Cc1cccc(C(N)([B]CCCCC[B]C(N)(c2cccc(C)c2)c2cccc(C)c2)c2cccc(C)c2)c1. The number of hydrogen-bond donors (Lipinski definition) is 2. The molecule has 0 fully saturated rings. The van der Waals surface area contributed by atoms with Gasteiger partial charge in [-0.2, -0.15) is 0 Å². The number of rotatable bonds is 12. The molecule has 0 unspecified atom stereocenters. The molecule has 4 N–H and O–H groups in total. The summed E-state index contributed by atoms with van der Waals surface area (Å²) in [5.41, 5.74) is 22.6. The average molecular weight is 512 g/mol. The third-order valence-corrected chi connectivity index (χ3v) is 7.82. The zero-order chi connectivity index (χ0) is 27.9. The number of hydrogen-bond acceptors (Lipinski definition) is 2. The van der Waals surface area contributed by atoms with Crippen molar-refractivity contribution in [3.63, 3.8) is 0 Å². The summed E-state index contributed by atoms with van der Waals surface area (Å²) in [7, 11) is 4.62. The molecule has 0 aliphatic carbocycles. The molecule has 0 spiro atoms. The van der Waals surface area contributed by atoms with Crippen molar-refractivity contribution in [1.29, 1.82) is 0 Å². The first-order valence-corrected chi connectivity index (χ1v) is 14.3. The largest absolute Gasteiger partial charge is 0.325 e. The first-order chi connectivity index (χ1) is 18.7. The van der Waals surface area contributed by atoms with Crippen LogP contribution in [0.1, 0.15) is 63.8 Å². The minimum atomic E-state index is -0.604. The Kier molecular flexibility index (Phi) is 9.53. The maximum atomic E-state index is 7.15. The molecule has 0 aromatic heterocycles. The highest BCUT2D eigenvalue weighted by molar-refractivity contribution is 6.41. The van der Waals surface area contributed by atoms with Gasteiger partial charge in [0.15, 0.2) is 0 Å². The van der Waals surface area contributed by atoms with Crippen LogP contribution in [0.5, 0.6) is 0 Å². The van der Waals surface area contributed by atoms with E-state index >= 15 is 0 Å². The molecule has 39 heavy (non-hydrogen) atoms. The summed E-state index contributed by atoms with van der Waals surface area (Å²) in [5.74, 6) is 0. The van der Waals surface area contributed by atoms with Crippen LogP contribution in [0, 0.1) is 27.7 Å². The normalized spacial score (nSPS) is 11.8. The van der Waals surface area contributed by atoms with E-state index in [0.717, 1.165) is 54.2 Å². The first kappa shape index (κ1) is 28.9. The monoisotopic (exact) mass is 512 g/mol. The van der Waals surface area contributed by atoms with Crippen molar-refractivity contribution in [1.82, 2.24) is 0 Å². The Morgan fingerprint density at radius 1 is 0.462 bits per heavy atom. The predicted octanol–water partition coefficient (Wildman–Crippen LogP) is 7.36. The van der Waals surface area contributed by atoms with E-state index in [4.69, 9.17) is 11.5 Å². The summed E-state index contributed by atoms with van der Waals surface area (Å²) in [5, 5.41) is 0. The van der Waals surface area contributed by atoms with Gasteiger partial charge in [0.25, 0.3) is 0 Å². The Bertz CT molecular complexity index is 1180. The van der Waals surface area contributed by atoms with Crippen LogP contribution in [-0.2, 0) is 10.9 Å². The second kappa shape index (κ2) is 12.9. The van der Waals surface area contributed by atoms with Gasteiger partial charge in [0.1, 0.15) is 14.6 Å². The molecule has 4 heteroatoms. The average Bonchev–Trinajstić information content (AvgIpc) is 2.92. The fraction of sp³-hybridized carbons (Fsp3) is 0.314. The van der Waals surface area contributed by atoms with Crippen molar-refractivity contribution in [2.45, 2.75) is 70.5 Å². The van der Waals surface area contributed by atoms with E-state index < -0.39 is 10.9 Å². The molecule has 0 saturated carbocycles. The van der Waals surface area contributed by atoms with E-state index in [0.29, 0.717) is 0 Å². The van der Waals surface area contributed by atoms with Crippen molar-refractivity contribution in [3.8, 4) is 0 Å². The van der Waals surface area contributed by atoms with Crippen molar-refractivity contribution in [2.75, 3.05) is 0 Å². The third kappa shape index (κ3) is 7.12. The summed E-state index contributed by atoms with van der Waals surface area (Å²) in [6.45, 7) is 8.51. The minimum absolute atomic E-state index is 0.604. The Morgan fingerprint density at radius 2 is 0.744 bits per heavy atom. The highest BCUT2D eigenvalue weighted by atomic mass is 14.7. The summed E-state index contributed by atoms with van der Waals surface area (Å²) in [4.78, 5) is 0. The highest BCUT2D eigenvalue weighted by Gasteiger charge is 2.31. The summed E-state index contributed by atoms with van der Waals surface area (Å²) in [6.07, 6.45) is 5.24. The molecule has 0 aliphatic heterocycles. The van der Waals surface area contributed by atoms with Crippen LogP contribution in [0.3, 0.4) is 0 Å². The molecule has 4 aromatic carbocycles. The Balaban J connectivity index is 1.38. The Morgan fingerprint density at radius 3 is 1.00 bits per heavy atom. The first-order valence-electron chi connectivity index (χ1n) is 14.3. The zero-order valence-corrected chi connectivity index (χ0v) is 24.1. The highest BCUT2D eigenvalue weighted by Crippen LogP contribution is 2.31. The molecule has 198 valence electrons. The molecule has 0 heterocycles. The van der Waals surface area contributed by atoms with Gasteiger partial charge in [-0.3, -0.25) is 0 Å². The lowest BCUT2D eigenvalue weighted by atomic mass is 9.49. The van der Waals surface area contributed by atoms with E-state index in [9.17, 15) is 0 Å². The molecule has 4 rings (SSSR count). The van der Waals surface area contributed by atoms with Crippen LogP contribution >= 0.6 is 0 Å². The number of unbranched alkanes of at least 4 members (excludes halogenated alkanes) is 2. The molecule has 4 aromatic rings. The number of nitrogens with two attached hydrogens (primary N) is 2. The van der Waals surface area contributed by atoms with Crippen LogP contribution < -0.4 is 11.5 Å². The number of benzene rings is 4. The zero-order valence-electron chi connectivity index (χ0n) is 24.1. The fourth-order valence-electron chi connectivity index (χ4n) is 5.54. The molecule has 0 aliphatic rings. The summed E-state index contributed by atoms with van der Waals surface area (Å²) >= 11 is 0. The van der Waals surface area contributed by atoms with E-state index in [-0.39, 0.29) is 0 Å². The number of aryl methyl sites for hydroxylation is 4. The van der Waals surface area contributed by atoms with Gasteiger partial charge in [-0.05, 0) is 49.9 Å². The minimum Gasteiger partial charge on any atom is -0.325 e. The molecule has 0 amide bonds. The Labute approximate surface area is 237 Å². The quantitative estimate of drug-likeness (QED) is 0.154. The van der Waals surface area contributed by atoms with Gasteiger partial charge in [-0.1, -0.05) is 151 Å². The molecule has 2 radical (unpaired) electrons. The second-order valence-electron chi connectivity index (χ2n) is 11.3. The van der Waals surface area contributed by atoms with Crippen molar-refractivity contribution < 1.29 is 0 Å². The fourth-order valence-corrected chi connectivity index (χ4v) is 5.54. The van der Waals surface area contributed by atoms with Gasteiger partial charge in [0, 0.05) is 10.9 Å². The van der Waals surface area contributed by atoms with Crippen molar-refractivity contribution >= 4 is 14.6 Å². The van der Waals surface area contributed by atoms with Gasteiger partial charge in [-0.15, -0.1) is 0 Å². The molecule has 0 atom stereocenters. The van der Waals surface area contributed by atoms with E-state index in [2.05, 4.69) is 139 Å². The topological polar surface area (TPSA) is 52.0 Å². The van der Waals surface area contributed by atoms with Crippen LogP contribution in [0.15, 0.2) is 97.1 Å². The molecule has 0 saturated heterocycles. The van der Waals surface area contributed by atoms with E-state index in [1.54, 1.807) is 0 Å². The van der Waals surface area contributed by atoms with Crippen LogP contribution in [0.2, 0.25) is 12.6 Å².